The Morgan fingerprint density at radius 1 is 0.978 bits per heavy atom. The highest BCUT2D eigenvalue weighted by Crippen LogP contribution is 2.34. The molecule has 2 heterocycles. The number of hydrogen-bond donors (Lipinski definition) is 1. The van der Waals surface area contributed by atoms with Gasteiger partial charge >= 0.3 is 0 Å². The molecule has 0 unspecified atom stereocenters. The van der Waals surface area contributed by atoms with Crippen LogP contribution in [0.15, 0.2) is 95.5 Å². The Morgan fingerprint density at radius 3 is 2.52 bits per heavy atom. The van der Waals surface area contributed by atoms with Crippen LogP contribution in [-0.2, 0) is 15.3 Å². The van der Waals surface area contributed by atoms with Gasteiger partial charge in [-0.25, -0.2) is 0 Å². The number of nitrogens with zero attached hydrogens (tertiary/aromatic N) is 3. The van der Waals surface area contributed by atoms with Crippen molar-refractivity contribution < 1.29 is 14.3 Å². The molecular formula is C38H44N4O3S. The zero-order chi connectivity index (χ0) is 32.1. The molecule has 0 fully saturated rings. The van der Waals surface area contributed by atoms with Crippen LogP contribution >= 0.6 is 11.8 Å². The maximum Gasteiger partial charge on any atom is 0.251 e. The molecule has 0 saturated heterocycles. The molecule has 7 nitrogen and oxygen atoms in total. The number of benzene rings is 3. The molecule has 1 N–H and O–H groups in total. The van der Waals surface area contributed by atoms with Gasteiger partial charge in [-0.2, -0.15) is 10.2 Å². The van der Waals surface area contributed by atoms with Crippen LogP contribution in [0.4, 0.5) is 11.4 Å². The monoisotopic (exact) mass is 636 g/mol. The zero-order valence-corrected chi connectivity index (χ0v) is 27.9. The number of ether oxygens (including phenoxy) is 2. The molecule has 3 aromatic carbocycles. The number of fused-ring (bicyclic) bond motifs is 1. The largest absolute Gasteiger partial charge is 0.491 e. The maximum absolute atomic E-state index is 13.6. The van der Waals surface area contributed by atoms with Gasteiger partial charge in [0.25, 0.3) is 5.91 Å². The van der Waals surface area contributed by atoms with Gasteiger partial charge in [-0.1, -0.05) is 45.4 Å². The molecule has 0 aliphatic carbocycles. The normalized spacial score (nSPS) is 12.8. The lowest BCUT2D eigenvalue weighted by Gasteiger charge is -2.27. The number of nitrogens with one attached hydrogen (secondary N) is 1. The fourth-order valence-electron chi connectivity index (χ4n) is 5.31. The molecule has 0 bridgehead atoms. The fourth-order valence-corrected chi connectivity index (χ4v) is 6.10. The summed E-state index contributed by atoms with van der Waals surface area (Å²) in [6.07, 6.45) is 6.62. The minimum Gasteiger partial charge on any atom is -0.491 e. The van der Waals surface area contributed by atoms with Crippen molar-refractivity contribution >= 4 is 35.1 Å². The molecule has 1 aliphatic heterocycles. The van der Waals surface area contributed by atoms with Crippen LogP contribution in [0.25, 0.3) is 17.2 Å². The molecular weight excluding hydrogens is 593 g/mol. The third-order valence-corrected chi connectivity index (χ3v) is 8.72. The average Bonchev–Trinajstić information content (AvgIpc) is 3.25. The summed E-state index contributed by atoms with van der Waals surface area (Å²) in [5, 5.41) is 11.2. The number of aromatic nitrogens is 2. The highest BCUT2D eigenvalue weighted by molar-refractivity contribution is 7.98. The standard InChI is InChI=1S/C38H44N4O3S/c1-4-5-21-44-22-23-45-35-13-8-29(9-14-35)30-10-17-37-32(24-30)25-31(18-20-42(37)26-28(2)3)38(43)40-33-11-15-36(16-12-33)46-27-34-7-6-19-39-41-34/h6-17,19,24-25,28H,4-5,18,20-23,26-27H2,1-3H3,(H,40,43). The van der Waals surface area contributed by atoms with E-state index >= 15 is 0 Å². The van der Waals surface area contributed by atoms with Crippen molar-refractivity contribution in [3.8, 4) is 16.9 Å². The topological polar surface area (TPSA) is 76.6 Å². The number of unbranched alkanes of at least 4 members (excludes halogenated alkanes) is 1. The number of amides is 1. The molecule has 1 amide bonds. The number of rotatable bonds is 15. The van der Waals surface area contributed by atoms with Crippen molar-refractivity contribution in [2.75, 3.05) is 43.1 Å². The Kier molecular flexibility index (Phi) is 12.3. The maximum atomic E-state index is 13.6. The first-order valence-corrected chi connectivity index (χ1v) is 17.2. The van der Waals surface area contributed by atoms with Crippen LogP contribution in [0.1, 0.15) is 51.3 Å². The third-order valence-electron chi connectivity index (χ3n) is 7.68. The van der Waals surface area contributed by atoms with Gasteiger partial charge in [-0.3, -0.25) is 4.79 Å². The van der Waals surface area contributed by atoms with Gasteiger partial charge in [0.2, 0.25) is 0 Å². The summed E-state index contributed by atoms with van der Waals surface area (Å²) in [7, 11) is 0. The number of carbonyl (C=O) groups is 1. The summed E-state index contributed by atoms with van der Waals surface area (Å²) >= 11 is 1.69. The smallest absolute Gasteiger partial charge is 0.251 e. The van der Waals surface area contributed by atoms with Gasteiger partial charge in [0.15, 0.2) is 0 Å². The van der Waals surface area contributed by atoms with E-state index in [0.717, 1.165) is 88.3 Å². The number of carbonyl (C=O) groups excluding carboxylic acids is 1. The summed E-state index contributed by atoms with van der Waals surface area (Å²) < 4.78 is 11.5. The number of anilines is 2. The Hall–Kier alpha value is -4.14. The highest BCUT2D eigenvalue weighted by atomic mass is 32.2. The van der Waals surface area contributed by atoms with E-state index < -0.39 is 0 Å². The summed E-state index contributed by atoms with van der Waals surface area (Å²) in [5.41, 5.74) is 6.91. The lowest BCUT2D eigenvalue weighted by molar-refractivity contribution is -0.112. The summed E-state index contributed by atoms with van der Waals surface area (Å²) in [6.45, 7) is 10.2. The molecule has 5 rings (SSSR count). The van der Waals surface area contributed by atoms with E-state index in [1.54, 1.807) is 18.0 Å². The Labute approximate surface area is 277 Å². The molecule has 0 atom stereocenters. The minimum atomic E-state index is -0.0668. The van der Waals surface area contributed by atoms with Gasteiger partial charge in [-0.15, -0.1) is 11.8 Å². The van der Waals surface area contributed by atoms with Gasteiger partial charge in [0.05, 0.1) is 12.3 Å². The molecule has 4 aromatic rings. The van der Waals surface area contributed by atoms with Gasteiger partial charge in [-0.05, 0) is 102 Å². The first kappa shape index (κ1) is 33.2. The number of hydrogen-bond acceptors (Lipinski definition) is 7. The quantitative estimate of drug-likeness (QED) is 0.104. The minimum absolute atomic E-state index is 0.0668. The van der Waals surface area contributed by atoms with Gasteiger partial charge in [0, 0.05) is 53.5 Å². The molecule has 0 saturated carbocycles. The fraction of sp³-hybridized carbons (Fsp3) is 0.342. The predicted octanol–water partition coefficient (Wildman–Crippen LogP) is 8.52. The molecule has 8 heteroatoms. The van der Waals surface area contributed by atoms with Crippen LogP contribution < -0.4 is 15.0 Å². The SMILES string of the molecule is CCCCOCCOc1ccc(-c2ccc3c(c2)C=C(C(=O)Nc2ccc(SCc4cccnn4)cc2)CCN3CC(C)C)cc1. The molecule has 1 aromatic heterocycles. The Balaban J connectivity index is 1.27. The van der Waals surface area contributed by atoms with Gasteiger partial charge < -0.3 is 19.7 Å². The Bertz CT molecular complexity index is 1570. The molecule has 1 aliphatic rings. The second-order valence-corrected chi connectivity index (χ2v) is 12.9. The van der Waals surface area contributed by atoms with Crippen LogP contribution in [0.2, 0.25) is 0 Å². The molecule has 0 radical (unpaired) electrons. The van der Waals surface area contributed by atoms with Crippen LogP contribution in [-0.4, -0.2) is 49.0 Å². The molecule has 240 valence electrons. The zero-order valence-electron chi connectivity index (χ0n) is 27.1. The third kappa shape index (κ3) is 9.68. The van der Waals surface area contributed by atoms with Crippen molar-refractivity contribution in [1.82, 2.24) is 10.2 Å². The average molecular weight is 637 g/mol. The first-order valence-electron chi connectivity index (χ1n) is 16.2. The van der Waals surface area contributed by atoms with Crippen molar-refractivity contribution in [2.45, 2.75) is 50.7 Å². The predicted molar refractivity (Wildman–Crippen MR) is 189 cm³/mol. The highest BCUT2D eigenvalue weighted by Gasteiger charge is 2.21. The lowest BCUT2D eigenvalue weighted by Crippen LogP contribution is -2.29. The van der Waals surface area contributed by atoms with E-state index in [4.69, 9.17) is 9.47 Å². The summed E-state index contributed by atoms with van der Waals surface area (Å²) in [6, 6.07) is 26.6. The summed E-state index contributed by atoms with van der Waals surface area (Å²) in [4.78, 5) is 17.1. The van der Waals surface area contributed by atoms with Crippen molar-refractivity contribution in [1.29, 1.82) is 0 Å². The Morgan fingerprint density at radius 2 is 1.78 bits per heavy atom. The van der Waals surface area contributed by atoms with E-state index in [1.165, 1.54) is 0 Å². The number of thioether (sulfide) groups is 1. The van der Waals surface area contributed by atoms with Crippen molar-refractivity contribution in [2.24, 2.45) is 5.92 Å². The van der Waals surface area contributed by atoms with E-state index in [-0.39, 0.29) is 5.91 Å². The van der Waals surface area contributed by atoms with Crippen LogP contribution in [0.3, 0.4) is 0 Å². The lowest BCUT2D eigenvalue weighted by atomic mass is 10.00. The van der Waals surface area contributed by atoms with E-state index in [9.17, 15) is 4.79 Å². The van der Waals surface area contributed by atoms with E-state index in [2.05, 4.69) is 77.6 Å². The van der Waals surface area contributed by atoms with E-state index in [1.807, 2.05) is 48.5 Å². The first-order chi connectivity index (χ1) is 22.5. The summed E-state index contributed by atoms with van der Waals surface area (Å²) in [5.74, 6) is 2.00. The van der Waals surface area contributed by atoms with Crippen molar-refractivity contribution in [3.63, 3.8) is 0 Å². The molecule has 46 heavy (non-hydrogen) atoms. The van der Waals surface area contributed by atoms with Crippen LogP contribution in [0, 0.1) is 5.92 Å². The van der Waals surface area contributed by atoms with Crippen LogP contribution in [0.5, 0.6) is 5.75 Å². The van der Waals surface area contributed by atoms with Gasteiger partial charge in [0.1, 0.15) is 12.4 Å². The van der Waals surface area contributed by atoms with Crippen molar-refractivity contribution in [3.05, 3.63) is 102 Å². The molecule has 0 spiro atoms. The van der Waals surface area contributed by atoms with E-state index in [0.29, 0.717) is 25.6 Å². The second kappa shape index (κ2) is 17.0. The second-order valence-electron chi connectivity index (χ2n) is 11.9.